The second kappa shape index (κ2) is 48.5. The monoisotopic (exact) mass is 2260 g/mol. The van der Waals surface area contributed by atoms with Gasteiger partial charge in [-0.3, -0.25) is 14.4 Å². The van der Waals surface area contributed by atoms with E-state index in [0.29, 0.717) is 60.6 Å². The summed E-state index contributed by atoms with van der Waals surface area (Å²) >= 11 is 70.2. The number of hydrogen-bond donors (Lipinski definition) is 6. The maximum Gasteiger partial charge on any atom is 0.494 e. The predicted molar refractivity (Wildman–Crippen MR) is 557 cm³/mol. The number of hydrogen-bond acceptors (Lipinski definition) is 22. The number of aliphatic carboxylic acids is 1. The smallest absolute Gasteiger partial charge is 0.480 e. The highest BCUT2D eigenvalue weighted by molar-refractivity contribution is 14.1. The molecule has 0 aliphatic carbocycles. The summed E-state index contributed by atoms with van der Waals surface area (Å²) in [6.07, 6.45) is 0. The van der Waals surface area contributed by atoms with Crippen molar-refractivity contribution < 1.29 is 84.5 Å². The van der Waals surface area contributed by atoms with Crippen molar-refractivity contribution in [2.24, 2.45) is 13.1 Å². The topological polar surface area (TPSA) is 337 Å². The van der Waals surface area contributed by atoms with Gasteiger partial charge in [0.25, 0.3) is 0 Å². The van der Waals surface area contributed by atoms with Crippen LogP contribution in [-0.4, -0.2) is 142 Å². The highest BCUT2D eigenvalue weighted by Gasteiger charge is 2.53. The number of ether oxygens (including phenoxy) is 2. The Hall–Kier alpha value is -6.16. The minimum absolute atomic E-state index is 0.0123. The van der Waals surface area contributed by atoms with Crippen molar-refractivity contribution in [1.82, 2.24) is 0 Å². The third kappa shape index (κ3) is 33.5. The van der Waals surface area contributed by atoms with E-state index in [1.807, 2.05) is 128 Å². The number of carboxylic acids is 1. The van der Waals surface area contributed by atoms with Crippen LogP contribution < -0.4 is 21.9 Å². The first-order valence-electron chi connectivity index (χ1n) is 40.5. The highest BCUT2D eigenvalue weighted by atomic mass is 127. The highest BCUT2D eigenvalue weighted by Crippen LogP contribution is 2.41. The van der Waals surface area contributed by atoms with Crippen LogP contribution >= 0.6 is 162 Å². The van der Waals surface area contributed by atoms with Crippen LogP contribution in [0.4, 0.5) is 0 Å². The van der Waals surface area contributed by atoms with Gasteiger partial charge in [0.15, 0.2) is 0 Å². The number of esters is 2. The van der Waals surface area contributed by atoms with Crippen LogP contribution in [0.25, 0.3) is 0 Å². The Kier molecular flexibility index (Phi) is 41.0. The number of nitrogens with zero attached hydrogens (tertiary/aromatic N) is 3. The Labute approximate surface area is 863 Å². The van der Waals surface area contributed by atoms with Crippen LogP contribution in [0, 0.1) is 8.35 Å². The molecule has 2 fully saturated rings. The van der Waals surface area contributed by atoms with Gasteiger partial charge in [-0.05, 0) is 342 Å². The van der Waals surface area contributed by atoms with Gasteiger partial charge in [0, 0.05) is 68.6 Å². The van der Waals surface area contributed by atoms with E-state index in [9.17, 15) is 47.1 Å². The molecule has 6 N–H and O–H groups in total. The van der Waals surface area contributed by atoms with E-state index in [-0.39, 0.29) is 47.1 Å². The lowest BCUT2D eigenvalue weighted by molar-refractivity contribution is -0.153. The third-order valence-electron chi connectivity index (χ3n) is 19.6. The number of halogens is 12. The minimum Gasteiger partial charge on any atom is -0.480 e. The summed E-state index contributed by atoms with van der Waals surface area (Å²) in [5, 5.41) is 51.2. The second-order valence-electron chi connectivity index (χ2n) is 33.7. The molecular weight excluding hydrogens is 2170 g/mol. The first-order valence-corrected chi connectivity index (χ1v) is 52.7. The molecule has 2 saturated heterocycles. The number of rotatable bonds is 20. The molecule has 0 unspecified atom stereocenters. The fourth-order valence-electron chi connectivity index (χ4n) is 11.9. The molecule has 0 radical (unpaired) electrons. The van der Waals surface area contributed by atoms with Crippen molar-refractivity contribution in [2.75, 3.05) is 19.6 Å². The van der Waals surface area contributed by atoms with Gasteiger partial charge >= 0.3 is 46.4 Å². The van der Waals surface area contributed by atoms with Gasteiger partial charge in [0.05, 0.1) is 61.6 Å². The SMILES string of the molecule is CC(C)(C)OC(=O)CN=S(=O)(c1cc(Cl)cc(B2OC(C)(C)C(C)(C)O2)c1)c1cc(Cl)cc(B2OC(C)(C)C(C)(C)O2)c1.CC(C)(C)OC(=O)CN=S(=O)(c1cccc(Cl)c1)c1cccc(Cl)c1.Clc1cccc(I)c1.Clc1cccc(Sc2cccc(Cl)c2)c1.N=S(=O)(c1cccc(Cl)c1)c1cccc(Cl)c1.O=C(O)CN=S(=O)(c1cc(Cl)cc(B(O)O)c1)c1cc(Cl)cc(B(O)O)c1. The van der Waals surface area contributed by atoms with Crippen molar-refractivity contribution in [1.29, 1.82) is 4.78 Å². The normalized spacial score (nSPS) is 14.2. The van der Waals surface area contributed by atoms with Gasteiger partial charge in [-0.15, -0.1) is 0 Å². The summed E-state index contributed by atoms with van der Waals surface area (Å²) in [6, 6.07) is 66.6. The molecule has 43 heteroatoms. The van der Waals surface area contributed by atoms with Crippen molar-refractivity contribution in [3.63, 3.8) is 0 Å². The van der Waals surface area contributed by atoms with Crippen LogP contribution in [0.5, 0.6) is 0 Å². The van der Waals surface area contributed by atoms with Gasteiger partial charge in [0.2, 0.25) is 0 Å². The predicted octanol–water partition coefficient (Wildman–Crippen LogP) is 22.9. The summed E-state index contributed by atoms with van der Waals surface area (Å²) < 4.78 is 112. The molecule has 716 valence electrons. The average molecular weight is 2260 g/mol. The molecule has 135 heavy (non-hydrogen) atoms. The maximum atomic E-state index is 15.2. The summed E-state index contributed by atoms with van der Waals surface area (Å²) in [5.41, 5.74) is -2.83. The quantitative estimate of drug-likeness (QED) is 0.0234. The molecule has 0 amide bonds. The fraction of sp³-hybridized carbons (Fsp3) is 0.250. The molecule has 11 aromatic carbocycles. The molecule has 2 heterocycles. The molecule has 22 nitrogen and oxygen atoms in total. The van der Waals surface area contributed by atoms with Gasteiger partial charge in [-0.2, -0.15) is 0 Å². The van der Waals surface area contributed by atoms with E-state index in [1.54, 1.807) is 175 Å². The summed E-state index contributed by atoms with van der Waals surface area (Å²) in [4.78, 5) is 39.9. The minimum atomic E-state index is -3.67. The lowest BCUT2D eigenvalue weighted by atomic mass is 9.79. The third-order valence-corrected chi connectivity index (χ3v) is 32.3. The van der Waals surface area contributed by atoms with Gasteiger partial charge in [-0.1, -0.05) is 182 Å². The molecule has 13 rings (SSSR count). The fourth-order valence-corrected chi connectivity index (χ4v) is 23.9. The second-order valence-corrected chi connectivity index (χ2v) is 49.7. The first kappa shape index (κ1) is 114. The van der Waals surface area contributed by atoms with Crippen LogP contribution in [-0.2, 0) is 81.4 Å². The molecule has 11 aromatic rings. The van der Waals surface area contributed by atoms with E-state index in [2.05, 4.69) is 35.7 Å². The zero-order chi connectivity index (χ0) is 101. The van der Waals surface area contributed by atoms with E-state index < -0.39 is 132 Å². The number of benzene rings is 11. The van der Waals surface area contributed by atoms with E-state index >= 15 is 4.21 Å². The molecule has 0 spiro atoms. The van der Waals surface area contributed by atoms with Crippen LogP contribution in [0.15, 0.2) is 305 Å². The average Bonchev–Trinajstić information content (AvgIpc) is 1.49. The summed E-state index contributed by atoms with van der Waals surface area (Å²) in [6.45, 7) is 24.5. The Morgan fingerprint density at radius 1 is 0.370 bits per heavy atom. The van der Waals surface area contributed by atoms with E-state index in [4.69, 9.17) is 166 Å². The van der Waals surface area contributed by atoms with Crippen LogP contribution in [0.3, 0.4) is 0 Å². The number of nitrogens with one attached hydrogen (secondary N) is 1. The number of carbonyl (C=O) groups excluding carboxylic acids is 2. The Morgan fingerprint density at radius 2 is 0.630 bits per heavy atom. The molecular formula is C92H94B4Cl11IN4O18S5. The molecule has 2 aliphatic rings. The van der Waals surface area contributed by atoms with Gasteiger partial charge < -0.3 is 53.3 Å². The summed E-state index contributed by atoms with van der Waals surface area (Å²) in [5.74, 6) is -2.53. The molecule has 0 bridgehead atoms. The first-order chi connectivity index (χ1) is 62.6. The Morgan fingerprint density at radius 3 is 0.911 bits per heavy atom. The maximum absolute atomic E-state index is 15.2. The summed E-state index contributed by atoms with van der Waals surface area (Å²) in [7, 11) is -18.7. The number of carbonyl (C=O) groups is 3. The molecule has 2 aliphatic heterocycles. The zero-order valence-corrected chi connectivity index (χ0v) is 89.5. The van der Waals surface area contributed by atoms with E-state index in [1.165, 1.54) is 40.0 Å². The number of carboxylic acid groups (broad SMARTS) is 1. The van der Waals surface area contributed by atoms with Gasteiger partial charge in [0.1, 0.15) is 69.8 Å². The van der Waals surface area contributed by atoms with Crippen molar-refractivity contribution in [3.05, 3.63) is 301 Å². The lowest BCUT2D eigenvalue weighted by Gasteiger charge is -2.32. The van der Waals surface area contributed by atoms with Crippen molar-refractivity contribution >= 4 is 269 Å². The van der Waals surface area contributed by atoms with Crippen LogP contribution in [0.1, 0.15) is 96.9 Å². The van der Waals surface area contributed by atoms with Gasteiger partial charge in [-0.25, -0.2) is 34.7 Å². The molecule has 0 atom stereocenters. The zero-order valence-electron chi connectivity index (χ0n) is 75.0. The largest absolute Gasteiger partial charge is 0.494 e. The standard InChI is InChI=1S/C30H41B2Cl2NO7S.C18H19Cl2NO3S.C14H13B2Cl2NO7S.C12H9Cl2NOS.C12H8Cl2S.C6H4ClI/c1-26(2,3)38-25(36)18-35-43(37,23-14-19(12-21(33)16-23)31-39-27(4,5)28(6,7)40-31)24-15-20(13-22(34)17-24)32-41-29(8,9)30(10,11)42-32;1-18(2,3)24-17(22)12-21-25(23,15-8-4-6-13(19)10-15)16-9-5-7-14(20)11-16;17-10-1-8(15(22)23)3-12(5-10)27(26,19-7-14(20)21)13-4-9(16(24)25)2-11(18)6-13;13-9-3-1-5-11(7-9)17(15,16)12-6-2-4-10(14)8-12;13-9-3-1-5-11(7-9)15-12-6-2-4-10(14)8-12;7-5-2-1-3-6(8)4-5/h12-17H,18H2,1-11H3;4-11H,12H2,1-3H3;1-6,22-25H,7H2,(H,20,21);1-8,15H;1-8H;1-4H. The Balaban J connectivity index is 0.000000212. The molecule has 0 saturated carbocycles. The van der Waals surface area contributed by atoms with Crippen molar-refractivity contribution in [2.45, 2.75) is 179 Å². The molecule has 0 aromatic heterocycles. The Bertz CT molecular complexity index is 6330. The lowest BCUT2D eigenvalue weighted by Crippen LogP contribution is -2.41. The van der Waals surface area contributed by atoms with Crippen LogP contribution in [0.2, 0.25) is 55.2 Å². The van der Waals surface area contributed by atoms with E-state index in [0.717, 1.165) is 37.0 Å². The van der Waals surface area contributed by atoms with Crippen molar-refractivity contribution in [3.8, 4) is 0 Å².